The molecule has 1 aliphatic rings. The van der Waals surface area contributed by atoms with Gasteiger partial charge in [-0.15, -0.1) is 0 Å². The largest absolute Gasteiger partial charge is 0.494 e. The molecule has 0 spiro atoms. The number of amides is 1. The Morgan fingerprint density at radius 3 is 2.86 bits per heavy atom. The number of benzene rings is 1. The van der Waals surface area contributed by atoms with E-state index in [1.54, 1.807) is 0 Å². The molecular weight excluding hydrogens is 268 g/mol. The third kappa shape index (κ3) is 5.73. The normalized spacial score (nSPS) is 17.7. The second-order valence-electron chi connectivity index (χ2n) is 5.19. The van der Waals surface area contributed by atoms with Crippen LogP contribution in [0.1, 0.15) is 26.2 Å². The van der Waals surface area contributed by atoms with E-state index in [9.17, 15) is 4.79 Å². The summed E-state index contributed by atoms with van der Waals surface area (Å²) in [6.07, 6.45) is 3.43. The van der Waals surface area contributed by atoms with Crippen molar-refractivity contribution in [2.24, 2.45) is 0 Å². The van der Waals surface area contributed by atoms with Crippen molar-refractivity contribution in [1.82, 2.24) is 5.32 Å². The van der Waals surface area contributed by atoms with Crippen LogP contribution in [0.15, 0.2) is 24.3 Å². The first-order valence-corrected chi connectivity index (χ1v) is 7.63. The van der Waals surface area contributed by atoms with E-state index < -0.39 is 0 Å². The molecule has 1 heterocycles. The SMILES string of the molecule is CCCOc1ccc(NC(=O)CNCC2CCCO2)cc1. The topological polar surface area (TPSA) is 59.6 Å². The van der Waals surface area contributed by atoms with Crippen molar-refractivity contribution < 1.29 is 14.3 Å². The van der Waals surface area contributed by atoms with Crippen LogP contribution in [0.5, 0.6) is 5.75 Å². The molecule has 1 amide bonds. The Kier molecular flexibility index (Phi) is 6.50. The lowest BCUT2D eigenvalue weighted by atomic mass is 10.2. The van der Waals surface area contributed by atoms with E-state index >= 15 is 0 Å². The van der Waals surface area contributed by atoms with Crippen molar-refractivity contribution in [3.05, 3.63) is 24.3 Å². The van der Waals surface area contributed by atoms with Crippen molar-refractivity contribution in [2.45, 2.75) is 32.3 Å². The molecule has 2 N–H and O–H groups in total. The van der Waals surface area contributed by atoms with E-state index in [0.717, 1.165) is 43.9 Å². The molecule has 116 valence electrons. The summed E-state index contributed by atoms with van der Waals surface area (Å²) in [6.45, 7) is 4.65. The number of ether oxygens (including phenoxy) is 2. The quantitative estimate of drug-likeness (QED) is 0.771. The summed E-state index contributed by atoms with van der Waals surface area (Å²) in [5.74, 6) is 0.779. The van der Waals surface area contributed by atoms with Gasteiger partial charge >= 0.3 is 0 Å². The predicted molar refractivity (Wildman–Crippen MR) is 82.7 cm³/mol. The Balaban J connectivity index is 1.66. The second-order valence-corrected chi connectivity index (χ2v) is 5.19. The van der Waals surface area contributed by atoms with Gasteiger partial charge in [-0.05, 0) is 43.5 Å². The van der Waals surface area contributed by atoms with Gasteiger partial charge in [-0.2, -0.15) is 0 Å². The molecule has 5 nitrogen and oxygen atoms in total. The average Bonchev–Trinajstić information content (AvgIpc) is 3.00. The minimum absolute atomic E-state index is 0.0461. The zero-order chi connectivity index (χ0) is 14.9. The summed E-state index contributed by atoms with van der Waals surface area (Å²) < 4.78 is 11.0. The van der Waals surface area contributed by atoms with Crippen molar-refractivity contribution in [2.75, 3.05) is 31.6 Å². The fraction of sp³-hybridized carbons (Fsp3) is 0.562. The molecule has 0 aliphatic carbocycles. The Morgan fingerprint density at radius 2 is 2.19 bits per heavy atom. The maximum atomic E-state index is 11.8. The molecule has 5 heteroatoms. The molecule has 1 unspecified atom stereocenters. The molecular formula is C16H24N2O3. The van der Waals surface area contributed by atoms with Gasteiger partial charge in [0.2, 0.25) is 5.91 Å². The maximum Gasteiger partial charge on any atom is 0.238 e. The third-order valence-electron chi connectivity index (χ3n) is 3.29. The van der Waals surface area contributed by atoms with E-state index in [1.165, 1.54) is 0 Å². The minimum Gasteiger partial charge on any atom is -0.494 e. The van der Waals surface area contributed by atoms with Crippen LogP contribution in [0.4, 0.5) is 5.69 Å². The van der Waals surface area contributed by atoms with Gasteiger partial charge in [-0.25, -0.2) is 0 Å². The first-order valence-electron chi connectivity index (χ1n) is 7.63. The average molecular weight is 292 g/mol. The molecule has 1 fully saturated rings. The Bertz CT molecular complexity index is 428. The van der Waals surface area contributed by atoms with Gasteiger partial charge in [-0.1, -0.05) is 6.92 Å². The highest BCUT2D eigenvalue weighted by molar-refractivity contribution is 5.92. The Hall–Kier alpha value is -1.59. The molecule has 2 rings (SSSR count). The summed E-state index contributed by atoms with van der Waals surface area (Å²) in [5, 5.41) is 5.98. The fourth-order valence-corrected chi connectivity index (χ4v) is 2.21. The number of hydrogen-bond donors (Lipinski definition) is 2. The van der Waals surface area contributed by atoms with Crippen LogP contribution in [-0.4, -0.2) is 38.3 Å². The summed E-state index contributed by atoms with van der Waals surface area (Å²) in [5.41, 5.74) is 0.780. The Labute approximate surface area is 126 Å². The smallest absolute Gasteiger partial charge is 0.238 e. The van der Waals surface area contributed by atoms with Crippen LogP contribution in [-0.2, 0) is 9.53 Å². The van der Waals surface area contributed by atoms with E-state index in [-0.39, 0.29) is 12.0 Å². The van der Waals surface area contributed by atoms with Gasteiger partial charge in [0.25, 0.3) is 0 Å². The second kappa shape index (κ2) is 8.64. The van der Waals surface area contributed by atoms with Gasteiger partial charge in [0, 0.05) is 18.8 Å². The van der Waals surface area contributed by atoms with E-state index in [2.05, 4.69) is 17.6 Å². The molecule has 0 radical (unpaired) electrons. The lowest BCUT2D eigenvalue weighted by molar-refractivity contribution is -0.115. The summed E-state index contributed by atoms with van der Waals surface area (Å²) in [7, 11) is 0. The van der Waals surface area contributed by atoms with Crippen LogP contribution in [0, 0.1) is 0 Å². The molecule has 0 aromatic heterocycles. The first-order chi connectivity index (χ1) is 10.3. The zero-order valence-electron chi connectivity index (χ0n) is 12.6. The molecule has 1 saturated heterocycles. The van der Waals surface area contributed by atoms with Crippen molar-refractivity contribution in [3.8, 4) is 5.75 Å². The van der Waals surface area contributed by atoms with E-state index in [4.69, 9.17) is 9.47 Å². The van der Waals surface area contributed by atoms with Crippen molar-refractivity contribution >= 4 is 11.6 Å². The van der Waals surface area contributed by atoms with Crippen LogP contribution in [0.3, 0.4) is 0 Å². The van der Waals surface area contributed by atoms with Crippen LogP contribution in [0.25, 0.3) is 0 Å². The van der Waals surface area contributed by atoms with Crippen molar-refractivity contribution in [3.63, 3.8) is 0 Å². The van der Waals surface area contributed by atoms with Gasteiger partial charge in [0.1, 0.15) is 5.75 Å². The molecule has 1 aromatic rings. The van der Waals surface area contributed by atoms with Crippen LogP contribution in [0.2, 0.25) is 0 Å². The Morgan fingerprint density at radius 1 is 1.38 bits per heavy atom. The lowest BCUT2D eigenvalue weighted by Crippen LogP contribution is -2.33. The molecule has 0 bridgehead atoms. The highest BCUT2D eigenvalue weighted by atomic mass is 16.5. The highest BCUT2D eigenvalue weighted by Gasteiger charge is 2.15. The third-order valence-corrected chi connectivity index (χ3v) is 3.29. The number of anilines is 1. The lowest BCUT2D eigenvalue weighted by Gasteiger charge is -2.11. The predicted octanol–water partition coefficient (Wildman–Crippen LogP) is 2.18. The number of hydrogen-bond acceptors (Lipinski definition) is 4. The van der Waals surface area contributed by atoms with Gasteiger partial charge in [0.05, 0.1) is 19.3 Å². The summed E-state index contributed by atoms with van der Waals surface area (Å²) in [6, 6.07) is 7.43. The van der Waals surface area contributed by atoms with Gasteiger partial charge in [-0.3, -0.25) is 4.79 Å². The summed E-state index contributed by atoms with van der Waals surface area (Å²) >= 11 is 0. The van der Waals surface area contributed by atoms with Crippen LogP contribution >= 0.6 is 0 Å². The number of carbonyl (C=O) groups is 1. The van der Waals surface area contributed by atoms with E-state index in [0.29, 0.717) is 13.2 Å². The number of nitrogens with one attached hydrogen (secondary N) is 2. The first kappa shape index (κ1) is 15.8. The molecule has 1 atom stereocenters. The van der Waals surface area contributed by atoms with E-state index in [1.807, 2.05) is 24.3 Å². The standard InChI is InChI=1S/C16H24N2O3/c1-2-9-20-14-7-5-13(6-8-14)18-16(19)12-17-11-15-4-3-10-21-15/h5-8,15,17H,2-4,9-12H2,1H3,(H,18,19). The summed E-state index contributed by atoms with van der Waals surface area (Å²) in [4.78, 5) is 11.8. The zero-order valence-corrected chi connectivity index (χ0v) is 12.6. The highest BCUT2D eigenvalue weighted by Crippen LogP contribution is 2.15. The number of rotatable bonds is 8. The molecule has 1 aromatic carbocycles. The van der Waals surface area contributed by atoms with Gasteiger partial charge < -0.3 is 20.1 Å². The molecule has 21 heavy (non-hydrogen) atoms. The number of carbonyl (C=O) groups excluding carboxylic acids is 1. The van der Waals surface area contributed by atoms with Gasteiger partial charge in [0.15, 0.2) is 0 Å². The fourth-order valence-electron chi connectivity index (χ4n) is 2.21. The monoisotopic (exact) mass is 292 g/mol. The maximum absolute atomic E-state index is 11.8. The minimum atomic E-state index is -0.0461. The molecule has 1 aliphatic heterocycles. The van der Waals surface area contributed by atoms with Crippen LogP contribution < -0.4 is 15.4 Å². The molecule has 0 saturated carbocycles. The van der Waals surface area contributed by atoms with Crippen molar-refractivity contribution in [1.29, 1.82) is 0 Å².